The van der Waals surface area contributed by atoms with Crippen molar-refractivity contribution in [2.24, 2.45) is 0 Å². The molecule has 2 aromatic carbocycles. The Labute approximate surface area is 167 Å². The summed E-state index contributed by atoms with van der Waals surface area (Å²) in [5, 5.41) is 2.80. The molecule has 1 amide bonds. The van der Waals surface area contributed by atoms with Gasteiger partial charge >= 0.3 is 0 Å². The van der Waals surface area contributed by atoms with Gasteiger partial charge in [-0.05, 0) is 51.0 Å². The number of anilines is 1. The summed E-state index contributed by atoms with van der Waals surface area (Å²) in [5.74, 6) is 0.378. The van der Waals surface area contributed by atoms with Crippen LogP contribution in [0.4, 0.5) is 5.69 Å². The number of hydrogen-bond donors (Lipinski definition) is 1. The summed E-state index contributed by atoms with van der Waals surface area (Å²) < 4.78 is 31.4. The molecule has 6 nitrogen and oxygen atoms in total. The van der Waals surface area contributed by atoms with E-state index in [0.717, 1.165) is 33.0 Å². The second kappa shape index (κ2) is 9.10. The Hall–Kier alpha value is -2.54. The van der Waals surface area contributed by atoms with Crippen molar-refractivity contribution < 1.29 is 17.9 Å². The number of amides is 1. The number of hydrogen-bond acceptors (Lipinski definition) is 4. The molecule has 0 unspecified atom stereocenters. The number of ether oxygens (including phenoxy) is 1. The molecule has 0 aliphatic rings. The highest BCUT2D eigenvalue weighted by Crippen LogP contribution is 2.23. The number of benzene rings is 2. The Bertz CT molecular complexity index is 941. The zero-order valence-electron chi connectivity index (χ0n) is 17.0. The summed E-state index contributed by atoms with van der Waals surface area (Å²) in [6.07, 6.45) is 1.10. The average molecular weight is 405 g/mol. The van der Waals surface area contributed by atoms with Crippen molar-refractivity contribution >= 4 is 21.6 Å². The van der Waals surface area contributed by atoms with E-state index in [1.165, 1.54) is 0 Å². The Kier molecular flexibility index (Phi) is 7.07. The molecule has 0 spiro atoms. The van der Waals surface area contributed by atoms with Gasteiger partial charge in [0.2, 0.25) is 15.9 Å². The summed E-state index contributed by atoms with van der Waals surface area (Å²) in [6.45, 7) is 7.54. The number of carbonyl (C=O) groups is 1. The molecule has 28 heavy (non-hydrogen) atoms. The highest BCUT2D eigenvalue weighted by molar-refractivity contribution is 7.92. The lowest BCUT2D eigenvalue weighted by Crippen LogP contribution is -2.45. The zero-order valence-corrected chi connectivity index (χ0v) is 17.8. The number of carbonyl (C=O) groups excluding carboxylic acids is 1. The second-order valence-corrected chi connectivity index (χ2v) is 9.01. The molecule has 0 radical (unpaired) electrons. The quantitative estimate of drug-likeness (QED) is 0.734. The van der Waals surface area contributed by atoms with Crippen LogP contribution in [0.15, 0.2) is 42.5 Å². The van der Waals surface area contributed by atoms with Crippen LogP contribution in [0.5, 0.6) is 5.75 Å². The molecule has 7 heteroatoms. The summed E-state index contributed by atoms with van der Waals surface area (Å²) in [7, 11) is -3.60. The van der Waals surface area contributed by atoms with Crippen LogP contribution in [0.25, 0.3) is 0 Å². The average Bonchev–Trinajstić information content (AvgIpc) is 2.58. The summed E-state index contributed by atoms with van der Waals surface area (Å²) in [4.78, 5) is 12.5. The van der Waals surface area contributed by atoms with E-state index in [1.54, 1.807) is 6.07 Å². The van der Waals surface area contributed by atoms with E-state index in [4.69, 9.17) is 4.74 Å². The van der Waals surface area contributed by atoms with Gasteiger partial charge in [-0.15, -0.1) is 0 Å². The van der Waals surface area contributed by atoms with E-state index in [1.807, 2.05) is 64.1 Å². The van der Waals surface area contributed by atoms with Crippen molar-refractivity contribution in [1.29, 1.82) is 0 Å². The predicted molar refractivity (Wildman–Crippen MR) is 112 cm³/mol. The molecular formula is C21H28N2O4S. The first-order valence-electron chi connectivity index (χ1n) is 9.10. The molecule has 0 aliphatic heterocycles. The third-order valence-corrected chi connectivity index (χ3v) is 5.42. The highest BCUT2D eigenvalue weighted by Gasteiger charge is 2.23. The lowest BCUT2D eigenvalue weighted by atomic mass is 10.1. The minimum atomic E-state index is -3.60. The molecule has 0 aromatic heterocycles. The molecule has 0 saturated carbocycles. The lowest BCUT2D eigenvalue weighted by molar-refractivity contribution is -0.120. The van der Waals surface area contributed by atoms with Crippen molar-refractivity contribution in [1.82, 2.24) is 5.32 Å². The number of nitrogens with one attached hydrogen (secondary N) is 1. The van der Waals surface area contributed by atoms with Crippen LogP contribution >= 0.6 is 0 Å². The smallest absolute Gasteiger partial charge is 0.241 e. The van der Waals surface area contributed by atoms with Crippen molar-refractivity contribution in [3.63, 3.8) is 0 Å². The van der Waals surface area contributed by atoms with Gasteiger partial charge in [0.25, 0.3) is 0 Å². The molecule has 0 bridgehead atoms. The number of para-hydroxylation sites is 1. The van der Waals surface area contributed by atoms with Crippen molar-refractivity contribution in [3.8, 4) is 5.75 Å². The number of nitrogens with zero attached hydrogens (tertiary/aromatic N) is 1. The van der Waals surface area contributed by atoms with Gasteiger partial charge in [0.1, 0.15) is 18.9 Å². The standard InChI is InChI=1S/C21H28N2O4S/c1-15-10-11-19(17(3)12-15)23(28(5,25)26)13-21(24)22-18(4)14-27-20-9-7-6-8-16(20)2/h6-12,18H,13-14H2,1-5H3,(H,22,24)/t18-/m0/s1. The van der Waals surface area contributed by atoms with Gasteiger partial charge in [0.15, 0.2) is 0 Å². The van der Waals surface area contributed by atoms with Gasteiger partial charge < -0.3 is 10.1 Å². The van der Waals surface area contributed by atoms with Crippen molar-refractivity contribution in [2.45, 2.75) is 33.7 Å². The van der Waals surface area contributed by atoms with Crippen LogP contribution in [0, 0.1) is 20.8 Å². The zero-order chi connectivity index (χ0) is 20.9. The van der Waals surface area contributed by atoms with Gasteiger partial charge in [-0.2, -0.15) is 0 Å². The van der Waals surface area contributed by atoms with E-state index in [0.29, 0.717) is 12.3 Å². The van der Waals surface area contributed by atoms with E-state index in [-0.39, 0.29) is 18.5 Å². The van der Waals surface area contributed by atoms with Crippen LogP contribution in [-0.2, 0) is 14.8 Å². The van der Waals surface area contributed by atoms with Gasteiger partial charge in [-0.1, -0.05) is 35.9 Å². The minimum Gasteiger partial charge on any atom is -0.491 e. The molecule has 1 N–H and O–H groups in total. The molecule has 1 atom stereocenters. The van der Waals surface area contributed by atoms with Crippen LogP contribution in [0.1, 0.15) is 23.6 Å². The predicted octanol–water partition coefficient (Wildman–Crippen LogP) is 2.96. The third kappa shape index (κ3) is 5.99. The largest absolute Gasteiger partial charge is 0.491 e. The summed E-state index contributed by atoms with van der Waals surface area (Å²) in [5.41, 5.74) is 3.35. The maximum atomic E-state index is 12.5. The topological polar surface area (TPSA) is 75.7 Å². The van der Waals surface area contributed by atoms with Gasteiger partial charge in [0, 0.05) is 0 Å². The fourth-order valence-corrected chi connectivity index (χ4v) is 3.81. The second-order valence-electron chi connectivity index (χ2n) is 7.10. The maximum Gasteiger partial charge on any atom is 0.241 e. The number of sulfonamides is 1. The van der Waals surface area contributed by atoms with Crippen molar-refractivity contribution in [3.05, 3.63) is 59.2 Å². The Morgan fingerprint density at radius 1 is 1.11 bits per heavy atom. The summed E-state index contributed by atoms with van der Waals surface area (Å²) in [6, 6.07) is 12.8. The first-order chi connectivity index (χ1) is 13.1. The lowest BCUT2D eigenvalue weighted by Gasteiger charge is -2.25. The first kappa shape index (κ1) is 21.8. The van der Waals surface area contributed by atoms with Crippen molar-refractivity contribution in [2.75, 3.05) is 23.7 Å². The number of aryl methyl sites for hydroxylation is 3. The van der Waals surface area contributed by atoms with Gasteiger partial charge in [-0.3, -0.25) is 9.10 Å². The van der Waals surface area contributed by atoms with E-state index < -0.39 is 10.0 Å². The number of rotatable bonds is 8. The van der Waals surface area contributed by atoms with Gasteiger partial charge in [0.05, 0.1) is 18.0 Å². The first-order valence-corrected chi connectivity index (χ1v) is 11.0. The molecular weight excluding hydrogens is 376 g/mol. The fraction of sp³-hybridized carbons (Fsp3) is 0.381. The Morgan fingerprint density at radius 3 is 2.39 bits per heavy atom. The minimum absolute atomic E-state index is 0.271. The van der Waals surface area contributed by atoms with Crippen LogP contribution in [-0.4, -0.2) is 39.8 Å². The Morgan fingerprint density at radius 2 is 1.79 bits per heavy atom. The molecule has 152 valence electrons. The summed E-state index contributed by atoms with van der Waals surface area (Å²) >= 11 is 0. The van der Waals surface area contributed by atoms with Crippen LogP contribution < -0.4 is 14.4 Å². The van der Waals surface area contributed by atoms with Crippen LogP contribution in [0.3, 0.4) is 0 Å². The van der Waals surface area contributed by atoms with Crippen LogP contribution in [0.2, 0.25) is 0 Å². The fourth-order valence-electron chi connectivity index (χ4n) is 2.89. The maximum absolute atomic E-state index is 12.5. The molecule has 0 saturated heterocycles. The highest BCUT2D eigenvalue weighted by atomic mass is 32.2. The molecule has 2 rings (SSSR count). The Balaban J connectivity index is 2.02. The third-order valence-electron chi connectivity index (χ3n) is 4.30. The van der Waals surface area contributed by atoms with Gasteiger partial charge in [-0.25, -0.2) is 8.42 Å². The van der Waals surface area contributed by atoms with E-state index in [2.05, 4.69) is 5.32 Å². The normalized spacial score (nSPS) is 12.3. The molecule has 0 aliphatic carbocycles. The molecule has 0 fully saturated rings. The molecule has 2 aromatic rings. The van der Waals surface area contributed by atoms with E-state index >= 15 is 0 Å². The SMILES string of the molecule is Cc1ccc(N(CC(=O)N[C@@H](C)COc2ccccc2C)S(C)(=O)=O)c(C)c1. The van der Waals surface area contributed by atoms with E-state index in [9.17, 15) is 13.2 Å². The monoisotopic (exact) mass is 404 g/mol. The molecule has 0 heterocycles.